The van der Waals surface area contributed by atoms with Crippen LogP contribution in [0.15, 0.2) is 30.5 Å². The molecule has 1 aromatic heterocycles. The van der Waals surface area contributed by atoms with E-state index in [4.69, 9.17) is 0 Å². The molecule has 0 aliphatic carbocycles. The van der Waals surface area contributed by atoms with Gasteiger partial charge >= 0.3 is 0 Å². The van der Waals surface area contributed by atoms with E-state index in [1.54, 1.807) is 6.07 Å². The number of anilines is 1. The molecular formula is C9H6FN3O2. The lowest BCUT2D eigenvalue weighted by atomic mass is 10.1. The van der Waals surface area contributed by atoms with E-state index in [0.717, 1.165) is 0 Å². The lowest BCUT2D eigenvalue weighted by Crippen LogP contribution is -1.91. The van der Waals surface area contributed by atoms with Gasteiger partial charge in [0.05, 0.1) is 4.92 Å². The highest BCUT2D eigenvalue weighted by molar-refractivity contribution is 5.92. The quantitative estimate of drug-likeness (QED) is 0.466. The summed E-state index contributed by atoms with van der Waals surface area (Å²) < 4.78 is 12.3. The summed E-state index contributed by atoms with van der Waals surface area (Å²) in [5.41, 5.74) is 1.41. The SMILES string of the molecule is O=[N+]([O-])c1ccc2c(NF)nccc2c1. The minimum absolute atomic E-state index is 0.0292. The first-order valence-electron chi connectivity index (χ1n) is 4.12. The molecule has 0 fully saturated rings. The zero-order valence-electron chi connectivity index (χ0n) is 7.48. The Balaban J connectivity index is 2.69. The van der Waals surface area contributed by atoms with Gasteiger partial charge in [0.15, 0.2) is 5.82 Å². The van der Waals surface area contributed by atoms with Crippen molar-refractivity contribution < 1.29 is 9.40 Å². The number of fused-ring (bicyclic) bond motifs is 1. The molecule has 0 aliphatic heterocycles. The monoisotopic (exact) mass is 207 g/mol. The molecule has 1 N–H and O–H groups in total. The van der Waals surface area contributed by atoms with E-state index < -0.39 is 4.92 Å². The number of halogens is 1. The van der Waals surface area contributed by atoms with Gasteiger partial charge in [0.25, 0.3) is 5.69 Å². The average molecular weight is 207 g/mol. The third-order valence-corrected chi connectivity index (χ3v) is 2.05. The number of hydrogen-bond donors (Lipinski definition) is 1. The minimum Gasteiger partial charge on any atom is -0.258 e. The highest BCUT2D eigenvalue weighted by Crippen LogP contribution is 2.25. The Labute approximate surface area is 83.6 Å². The first-order valence-corrected chi connectivity index (χ1v) is 4.12. The smallest absolute Gasteiger partial charge is 0.258 e. The summed E-state index contributed by atoms with van der Waals surface area (Å²) in [6, 6.07) is 5.73. The van der Waals surface area contributed by atoms with Crippen molar-refractivity contribution in [2.45, 2.75) is 0 Å². The number of hydrogen-bond acceptors (Lipinski definition) is 4. The lowest BCUT2D eigenvalue weighted by Gasteiger charge is -2.01. The van der Waals surface area contributed by atoms with E-state index in [-0.39, 0.29) is 11.5 Å². The van der Waals surface area contributed by atoms with Gasteiger partial charge in [-0.15, -0.1) is 4.48 Å². The molecule has 2 rings (SSSR count). The Morgan fingerprint density at radius 1 is 1.40 bits per heavy atom. The number of benzene rings is 1. The molecule has 0 amide bonds. The van der Waals surface area contributed by atoms with Gasteiger partial charge in [-0.3, -0.25) is 10.1 Å². The number of aromatic nitrogens is 1. The first-order chi connectivity index (χ1) is 7.22. The summed E-state index contributed by atoms with van der Waals surface area (Å²) in [5, 5.41) is 11.6. The van der Waals surface area contributed by atoms with Crippen molar-refractivity contribution in [2.24, 2.45) is 0 Å². The maximum Gasteiger partial charge on any atom is 0.270 e. The van der Waals surface area contributed by atoms with Crippen molar-refractivity contribution >= 4 is 22.3 Å². The molecule has 0 aliphatic rings. The van der Waals surface area contributed by atoms with Crippen LogP contribution >= 0.6 is 0 Å². The molecular weight excluding hydrogens is 201 g/mol. The van der Waals surface area contributed by atoms with Crippen molar-refractivity contribution in [3.05, 3.63) is 40.6 Å². The Hall–Kier alpha value is -2.24. The Bertz CT molecular complexity index is 530. The average Bonchev–Trinajstić information content (AvgIpc) is 2.27. The van der Waals surface area contributed by atoms with E-state index in [9.17, 15) is 14.6 Å². The Kier molecular flexibility index (Phi) is 2.17. The van der Waals surface area contributed by atoms with Gasteiger partial charge in [0.1, 0.15) is 0 Å². The fourth-order valence-corrected chi connectivity index (χ4v) is 1.35. The molecule has 6 heteroatoms. The summed E-state index contributed by atoms with van der Waals surface area (Å²) in [5.74, 6) is 0.0578. The van der Waals surface area contributed by atoms with Crippen molar-refractivity contribution in [2.75, 3.05) is 5.54 Å². The van der Waals surface area contributed by atoms with Crippen LogP contribution in [0.4, 0.5) is 16.0 Å². The van der Waals surface area contributed by atoms with E-state index >= 15 is 0 Å². The zero-order chi connectivity index (χ0) is 10.8. The number of non-ortho nitro benzene ring substituents is 1. The van der Waals surface area contributed by atoms with Crippen LogP contribution < -0.4 is 5.54 Å². The van der Waals surface area contributed by atoms with Crippen LogP contribution in [0.1, 0.15) is 0 Å². The Morgan fingerprint density at radius 2 is 2.20 bits per heavy atom. The lowest BCUT2D eigenvalue weighted by molar-refractivity contribution is -0.384. The molecule has 0 atom stereocenters. The predicted molar refractivity (Wildman–Crippen MR) is 53.1 cm³/mol. The van der Waals surface area contributed by atoms with Crippen molar-refractivity contribution in [3.63, 3.8) is 0 Å². The molecule has 1 heterocycles. The molecule has 1 aromatic carbocycles. The summed E-state index contributed by atoms with van der Waals surface area (Å²) >= 11 is 0. The van der Waals surface area contributed by atoms with Gasteiger partial charge < -0.3 is 0 Å². The fourth-order valence-electron chi connectivity index (χ4n) is 1.35. The van der Waals surface area contributed by atoms with Crippen LogP contribution in [0, 0.1) is 10.1 Å². The maximum atomic E-state index is 12.3. The van der Waals surface area contributed by atoms with E-state index in [1.165, 1.54) is 29.9 Å². The van der Waals surface area contributed by atoms with Gasteiger partial charge in [0.2, 0.25) is 0 Å². The molecule has 0 saturated heterocycles. The van der Waals surface area contributed by atoms with Crippen molar-refractivity contribution in [1.82, 2.24) is 4.98 Å². The highest BCUT2D eigenvalue weighted by Gasteiger charge is 2.08. The Morgan fingerprint density at radius 3 is 2.87 bits per heavy atom. The summed E-state index contributed by atoms with van der Waals surface area (Å²) in [6.45, 7) is 0. The van der Waals surface area contributed by atoms with E-state index in [2.05, 4.69) is 4.98 Å². The molecule has 5 nitrogen and oxygen atoms in total. The molecule has 15 heavy (non-hydrogen) atoms. The molecule has 0 bridgehead atoms. The van der Waals surface area contributed by atoms with Crippen molar-refractivity contribution in [3.8, 4) is 0 Å². The summed E-state index contributed by atoms with van der Waals surface area (Å²) in [6.07, 6.45) is 1.38. The van der Waals surface area contributed by atoms with E-state index in [1.807, 2.05) is 0 Å². The van der Waals surface area contributed by atoms with Gasteiger partial charge in [-0.2, -0.15) is 0 Å². The second-order valence-corrected chi connectivity index (χ2v) is 2.92. The normalized spacial score (nSPS) is 10.2. The van der Waals surface area contributed by atoms with Crippen LogP contribution in [0.5, 0.6) is 0 Å². The predicted octanol–water partition coefficient (Wildman–Crippen LogP) is 2.44. The largest absolute Gasteiger partial charge is 0.270 e. The number of pyridine rings is 1. The third kappa shape index (κ3) is 1.56. The molecule has 0 saturated carbocycles. The van der Waals surface area contributed by atoms with Crippen LogP contribution in [-0.4, -0.2) is 9.91 Å². The first kappa shape index (κ1) is 9.32. The molecule has 0 radical (unpaired) electrons. The number of nitrogens with zero attached hydrogens (tertiary/aromatic N) is 2. The zero-order valence-corrected chi connectivity index (χ0v) is 7.48. The number of nitro benzene ring substituents is 1. The summed E-state index contributed by atoms with van der Waals surface area (Å²) in [7, 11) is 0. The van der Waals surface area contributed by atoms with Gasteiger partial charge in [0, 0.05) is 23.7 Å². The summed E-state index contributed by atoms with van der Waals surface area (Å²) in [4.78, 5) is 13.7. The number of nitro groups is 1. The highest BCUT2D eigenvalue weighted by atomic mass is 19.2. The standard InChI is InChI=1S/C9H6FN3O2/c10-12-9-8-2-1-7(13(14)15)5-6(8)3-4-11-9/h1-5H,(H,11,12). The molecule has 0 unspecified atom stereocenters. The van der Waals surface area contributed by atoms with Gasteiger partial charge in [-0.05, 0) is 17.5 Å². The minimum atomic E-state index is -0.498. The second kappa shape index (κ2) is 3.49. The van der Waals surface area contributed by atoms with Gasteiger partial charge in [-0.1, -0.05) is 0 Å². The van der Waals surface area contributed by atoms with Crippen LogP contribution in [0.2, 0.25) is 0 Å². The van der Waals surface area contributed by atoms with Crippen LogP contribution in [0.3, 0.4) is 0 Å². The topological polar surface area (TPSA) is 68.1 Å². The van der Waals surface area contributed by atoms with E-state index in [0.29, 0.717) is 10.8 Å². The maximum absolute atomic E-state index is 12.3. The molecule has 2 aromatic rings. The second-order valence-electron chi connectivity index (χ2n) is 2.92. The number of nitrogens with one attached hydrogen (secondary N) is 1. The van der Waals surface area contributed by atoms with Crippen LogP contribution in [0.25, 0.3) is 10.8 Å². The van der Waals surface area contributed by atoms with Gasteiger partial charge in [-0.25, -0.2) is 10.5 Å². The number of rotatable bonds is 2. The molecule has 76 valence electrons. The fraction of sp³-hybridized carbons (Fsp3) is 0. The van der Waals surface area contributed by atoms with Crippen molar-refractivity contribution in [1.29, 1.82) is 0 Å². The third-order valence-electron chi connectivity index (χ3n) is 2.05. The molecule has 0 spiro atoms. The van der Waals surface area contributed by atoms with Crippen LogP contribution in [-0.2, 0) is 0 Å².